The SMILES string of the molecule is CC1CCCC(/C=N/[S+]([O-])C(C)(C)C)C1. The van der Waals surface area contributed by atoms with E-state index in [1.807, 2.05) is 27.0 Å². The molecule has 1 aliphatic rings. The molecule has 15 heavy (non-hydrogen) atoms. The largest absolute Gasteiger partial charge is 0.591 e. The molecule has 3 heteroatoms. The molecule has 0 aromatic rings. The second kappa shape index (κ2) is 5.35. The third kappa shape index (κ3) is 4.56. The Morgan fingerprint density at radius 1 is 1.33 bits per heavy atom. The highest BCUT2D eigenvalue weighted by Crippen LogP contribution is 2.28. The molecular formula is C12H23NOS. The van der Waals surface area contributed by atoms with Crippen LogP contribution in [0.1, 0.15) is 53.4 Å². The van der Waals surface area contributed by atoms with Gasteiger partial charge in [0.05, 0.1) is 6.21 Å². The van der Waals surface area contributed by atoms with Gasteiger partial charge in [-0.3, -0.25) is 0 Å². The van der Waals surface area contributed by atoms with Gasteiger partial charge in [0.15, 0.2) is 0 Å². The first-order chi connectivity index (χ1) is 6.89. The molecule has 0 spiro atoms. The maximum Gasteiger partial charge on any atom is 0.144 e. The van der Waals surface area contributed by atoms with Crippen LogP contribution in [0.15, 0.2) is 4.40 Å². The fourth-order valence-electron chi connectivity index (χ4n) is 1.92. The van der Waals surface area contributed by atoms with E-state index in [9.17, 15) is 4.55 Å². The average molecular weight is 229 g/mol. The highest BCUT2D eigenvalue weighted by Gasteiger charge is 2.26. The van der Waals surface area contributed by atoms with Crippen LogP contribution in [0.25, 0.3) is 0 Å². The van der Waals surface area contributed by atoms with Gasteiger partial charge in [-0.05, 0) is 45.4 Å². The summed E-state index contributed by atoms with van der Waals surface area (Å²) in [5, 5.41) is 0. The van der Waals surface area contributed by atoms with E-state index in [0.29, 0.717) is 5.92 Å². The van der Waals surface area contributed by atoms with E-state index in [-0.39, 0.29) is 4.75 Å². The molecule has 0 amide bonds. The lowest BCUT2D eigenvalue weighted by molar-refractivity contribution is 0.343. The molecular weight excluding hydrogens is 206 g/mol. The van der Waals surface area contributed by atoms with Gasteiger partial charge in [0.2, 0.25) is 0 Å². The average Bonchev–Trinajstić information content (AvgIpc) is 2.12. The topological polar surface area (TPSA) is 35.4 Å². The predicted molar refractivity (Wildman–Crippen MR) is 67.5 cm³/mol. The molecule has 88 valence electrons. The quantitative estimate of drug-likeness (QED) is 0.528. The number of hydrogen-bond donors (Lipinski definition) is 0. The summed E-state index contributed by atoms with van der Waals surface area (Å²) >= 11 is -1.08. The van der Waals surface area contributed by atoms with Crippen molar-refractivity contribution >= 4 is 17.6 Å². The lowest BCUT2D eigenvalue weighted by Crippen LogP contribution is -2.26. The van der Waals surface area contributed by atoms with Crippen molar-refractivity contribution in [2.75, 3.05) is 0 Å². The first-order valence-electron chi connectivity index (χ1n) is 5.86. The van der Waals surface area contributed by atoms with Crippen LogP contribution in [0.4, 0.5) is 0 Å². The molecule has 0 heterocycles. The number of rotatable bonds is 2. The van der Waals surface area contributed by atoms with E-state index in [2.05, 4.69) is 11.3 Å². The van der Waals surface area contributed by atoms with Gasteiger partial charge in [-0.1, -0.05) is 24.2 Å². The van der Waals surface area contributed by atoms with Crippen molar-refractivity contribution in [3.05, 3.63) is 0 Å². The molecule has 0 aromatic heterocycles. The highest BCUT2D eigenvalue weighted by molar-refractivity contribution is 7.91. The normalized spacial score (nSPS) is 30.7. The molecule has 1 fully saturated rings. The minimum absolute atomic E-state index is 0.225. The van der Waals surface area contributed by atoms with E-state index in [0.717, 1.165) is 5.92 Å². The maximum atomic E-state index is 11.7. The zero-order valence-electron chi connectivity index (χ0n) is 10.3. The van der Waals surface area contributed by atoms with Gasteiger partial charge in [-0.2, -0.15) is 0 Å². The van der Waals surface area contributed by atoms with Crippen LogP contribution in [0.5, 0.6) is 0 Å². The molecule has 0 N–H and O–H groups in total. The third-order valence-corrected chi connectivity index (χ3v) is 4.23. The van der Waals surface area contributed by atoms with Crippen molar-refractivity contribution in [1.29, 1.82) is 0 Å². The Kier molecular flexibility index (Phi) is 4.65. The molecule has 0 bridgehead atoms. The summed E-state index contributed by atoms with van der Waals surface area (Å²) in [4.78, 5) is 0. The van der Waals surface area contributed by atoms with Crippen molar-refractivity contribution in [3.8, 4) is 0 Å². The van der Waals surface area contributed by atoms with Gasteiger partial charge in [0.25, 0.3) is 0 Å². The van der Waals surface area contributed by atoms with Crippen LogP contribution < -0.4 is 0 Å². The molecule has 0 aromatic carbocycles. The summed E-state index contributed by atoms with van der Waals surface area (Å²) in [7, 11) is 0. The summed E-state index contributed by atoms with van der Waals surface area (Å²) in [5.41, 5.74) is 0. The smallest absolute Gasteiger partial charge is 0.144 e. The first kappa shape index (κ1) is 13.0. The highest BCUT2D eigenvalue weighted by atomic mass is 32.2. The van der Waals surface area contributed by atoms with Crippen molar-refractivity contribution in [2.24, 2.45) is 16.2 Å². The van der Waals surface area contributed by atoms with E-state index in [4.69, 9.17) is 0 Å². The summed E-state index contributed by atoms with van der Waals surface area (Å²) in [5.74, 6) is 1.36. The van der Waals surface area contributed by atoms with E-state index < -0.39 is 11.4 Å². The zero-order valence-corrected chi connectivity index (χ0v) is 11.1. The molecule has 1 aliphatic carbocycles. The Hall–Kier alpha value is -0.0200. The summed E-state index contributed by atoms with van der Waals surface area (Å²) in [6.07, 6.45) is 7.00. The summed E-state index contributed by atoms with van der Waals surface area (Å²) in [6, 6.07) is 0. The minimum atomic E-state index is -1.08. The van der Waals surface area contributed by atoms with Crippen molar-refractivity contribution in [3.63, 3.8) is 0 Å². The lowest BCUT2D eigenvalue weighted by Gasteiger charge is -2.24. The minimum Gasteiger partial charge on any atom is -0.591 e. The Morgan fingerprint density at radius 2 is 2.00 bits per heavy atom. The van der Waals surface area contributed by atoms with Crippen LogP contribution in [0.2, 0.25) is 0 Å². The second-order valence-electron chi connectivity index (χ2n) is 5.65. The standard InChI is InChI=1S/C12H23NOS/c1-10-6-5-7-11(8-10)9-13-15(14)12(2,3)4/h9-11H,5-8H2,1-4H3/b13-9+. The second-order valence-corrected chi connectivity index (χ2v) is 7.58. The maximum absolute atomic E-state index is 11.7. The van der Waals surface area contributed by atoms with Crippen molar-refractivity contribution in [2.45, 2.75) is 58.1 Å². The molecule has 1 saturated carbocycles. The fourth-order valence-corrected chi connectivity index (χ4v) is 2.51. The fraction of sp³-hybridized carbons (Fsp3) is 0.917. The van der Waals surface area contributed by atoms with Crippen LogP contribution in [0, 0.1) is 11.8 Å². The van der Waals surface area contributed by atoms with Gasteiger partial charge in [-0.15, -0.1) is 0 Å². The molecule has 1 rings (SSSR count). The Morgan fingerprint density at radius 3 is 2.53 bits per heavy atom. The third-order valence-electron chi connectivity index (χ3n) is 2.87. The first-order valence-corrected chi connectivity index (χ1v) is 6.96. The van der Waals surface area contributed by atoms with Crippen molar-refractivity contribution < 1.29 is 4.55 Å². The van der Waals surface area contributed by atoms with E-state index in [1.54, 1.807) is 0 Å². The summed E-state index contributed by atoms with van der Waals surface area (Å²) < 4.78 is 15.7. The van der Waals surface area contributed by atoms with E-state index in [1.165, 1.54) is 25.7 Å². The lowest BCUT2D eigenvalue weighted by atomic mass is 9.83. The molecule has 0 aliphatic heterocycles. The number of nitrogens with zero attached hydrogens (tertiary/aromatic N) is 1. The van der Waals surface area contributed by atoms with Gasteiger partial charge >= 0.3 is 0 Å². The van der Waals surface area contributed by atoms with Gasteiger partial charge in [0, 0.05) is 0 Å². The molecule has 0 radical (unpaired) electrons. The monoisotopic (exact) mass is 229 g/mol. The summed E-state index contributed by atoms with van der Waals surface area (Å²) in [6.45, 7) is 8.18. The van der Waals surface area contributed by atoms with Crippen LogP contribution in [-0.4, -0.2) is 15.5 Å². The molecule has 3 atom stereocenters. The number of hydrogen-bond acceptors (Lipinski definition) is 2. The Balaban J connectivity index is 2.43. The van der Waals surface area contributed by atoms with Crippen LogP contribution in [-0.2, 0) is 11.4 Å². The van der Waals surface area contributed by atoms with Crippen LogP contribution in [0.3, 0.4) is 0 Å². The molecule has 0 saturated heterocycles. The van der Waals surface area contributed by atoms with E-state index >= 15 is 0 Å². The molecule has 2 nitrogen and oxygen atoms in total. The van der Waals surface area contributed by atoms with Gasteiger partial charge in [-0.25, -0.2) is 0 Å². The van der Waals surface area contributed by atoms with Crippen molar-refractivity contribution in [1.82, 2.24) is 0 Å². The zero-order chi connectivity index (χ0) is 11.5. The van der Waals surface area contributed by atoms with Crippen LogP contribution >= 0.6 is 0 Å². The Bertz CT molecular complexity index is 222. The van der Waals surface area contributed by atoms with Gasteiger partial charge in [0.1, 0.15) is 16.1 Å². The predicted octanol–water partition coefficient (Wildman–Crippen LogP) is 3.35. The molecule has 3 unspecified atom stereocenters. The van der Waals surface area contributed by atoms with Gasteiger partial charge < -0.3 is 4.55 Å². The Labute approximate surface area is 96.9 Å².